The minimum atomic E-state index is -0.199. The van der Waals surface area contributed by atoms with Crippen molar-refractivity contribution < 1.29 is 9.59 Å². The Morgan fingerprint density at radius 2 is 1.83 bits per heavy atom. The maximum atomic E-state index is 12.9. The number of para-hydroxylation sites is 2. The number of thioether (sulfide) groups is 1. The molecule has 0 unspecified atom stereocenters. The highest BCUT2D eigenvalue weighted by atomic mass is 32.2. The summed E-state index contributed by atoms with van der Waals surface area (Å²) in [6.45, 7) is 8.40. The molecule has 0 bridgehead atoms. The first-order valence-electron chi connectivity index (χ1n) is 10.0. The number of hydrogen-bond donors (Lipinski definition) is 1. The molecule has 29 heavy (non-hydrogen) atoms. The Morgan fingerprint density at radius 3 is 2.55 bits per heavy atom. The van der Waals surface area contributed by atoms with Crippen LogP contribution in [0.1, 0.15) is 27.2 Å². The summed E-state index contributed by atoms with van der Waals surface area (Å²) in [4.78, 5) is 30.4. The van der Waals surface area contributed by atoms with Crippen molar-refractivity contribution in [1.29, 1.82) is 0 Å². The van der Waals surface area contributed by atoms with Gasteiger partial charge in [-0.1, -0.05) is 30.3 Å². The van der Waals surface area contributed by atoms with E-state index >= 15 is 0 Å². The van der Waals surface area contributed by atoms with Gasteiger partial charge in [-0.3, -0.25) is 9.59 Å². The molecule has 0 spiro atoms. The molecule has 0 atom stereocenters. The molecule has 2 aromatic carbocycles. The molecule has 3 rings (SSSR count). The SMILES string of the molecule is CCN(CCNC(=O)CN1C(=O)CC(C)(C)Sc2ccccc21)c1ccccc1. The molecular formula is C23H29N3O2S. The number of fused-ring (bicyclic) bond motifs is 1. The smallest absolute Gasteiger partial charge is 0.240 e. The zero-order chi connectivity index (χ0) is 20.9. The molecule has 6 heteroatoms. The number of likely N-dealkylation sites (N-methyl/N-ethyl adjacent to an activating group) is 1. The topological polar surface area (TPSA) is 52.7 Å². The fourth-order valence-corrected chi connectivity index (χ4v) is 4.73. The first kappa shape index (κ1) is 21.2. The van der Waals surface area contributed by atoms with Crippen LogP contribution in [0.15, 0.2) is 59.5 Å². The molecule has 1 heterocycles. The maximum Gasteiger partial charge on any atom is 0.240 e. The molecule has 0 saturated heterocycles. The summed E-state index contributed by atoms with van der Waals surface area (Å²) in [6.07, 6.45) is 0.400. The largest absolute Gasteiger partial charge is 0.370 e. The van der Waals surface area contributed by atoms with E-state index in [0.29, 0.717) is 13.0 Å². The van der Waals surface area contributed by atoms with Gasteiger partial charge >= 0.3 is 0 Å². The van der Waals surface area contributed by atoms with E-state index in [0.717, 1.165) is 29.4 Å². The zero-order valence-corrected chi connectivity index (χ0v) is 18.2. The lowest BCUT2D eigenvalue weighted by Crippen LogP contribution is -2.43. The van der Waals surface area contributed by atoms with Gasteiger partial charge in [0.1, 0.15) is 6.54 Å². The summed E-state index contributed by atoms with van der Waals surface area (Å²) in [5, 5.41) is 2.98. The Hall–Kier alpha value is -2.47. The van der Waals surface area contributed by atoms with Crippen LogP contribution in [0.2, 0.25) is 0 Å². The van der Waals surface area contributed by atoms with Gasteiger partial charge in [0.05, 0.1) is 5.69 Å². The van der Waals surface area contributed by atoms with E-state index in [2.05, 4.69) is 43.1 Å². The standard InChI is InChI=1S/C23H29N3O2S/c1-4-25(18-10-6-5-7-11-18)15-14-24-21(27)17-26-19-12-8-9-13-20(19)29-23(2,3)16-22(26)28/h5-13H,4,14-17H2,1-3H3,(H,24,27). The molecule has 1 N–H and O–H groups in total. The number of nitrogens with one attached hydrogen (secondary N) is 1. The minimum absolute atomic E-state index is 0.0120. The van der Waals surface area contributed by atoms with Crippen LogP contribution in [0.25, 0.3) is 0 Å². The summed E-state index contributed by atoms with van der Waals surface area (Å²) in [6, 6.07) is 18.0. The number of carbonyl (C=O) groups is 2. The highest BCUT2D eigenvalue weighted by Gasteiger charge is 2.33. The van der Waals surface area contributed by atoms with Gasteiger partial charge in [-0.2, -0.15) is 0 Å². The molecule has 1 aliphatic rings. The highest BCUT2D eigenvalue weighted by molar-refractivity contribution is 8.00. The molecule has 2 amide bonds. The van der Waals surface area contributed by atoms with Crippen LogP contribution < -0.4 is 15.1 Å². The molecular weight excluding hydrogens is 382 g/mol. The Bertz CT molecular complexity index is 854. The van der Waals surface area contributed by atoms with E-state index in [4.69, 9.17) is 0 Å². The molecule has 1 aliphatic heterocycles. The van der Waals surface area contributed by atoms with E-state index in [1.165, 1.54) is 0 Å². The van der Waals surface area contributed by atoms with Gasteiger partial charge in [0, 0.05) is 41.4 Å². The van der Waals surface area contributed by atoms with E-state index < -0.39 is 0 Å². The number of rotatable bonds is 7. The second kappa shape index (κ2) is 9.35. The van der Waals surface area contributed by atoms with Crippen LogP contribution in [0.4, 0.5) is 11.4 Å². The summed E-state index contributed by atoms with van der Waals surface area (Å²) < 4.78 is -0.199. The summed E-state index contributed by atoms with van der Waals surface area (Å²) in [5.74, 6) is -0.149. The van der Waals surface area contributed by atoms with Crippen molar-refractivity contribution in [3.8, 4) is 0 Å². The molecule has 154 valence electrons. The fourth-order valence-electron chi connectivity index (χ4n) is 3.51. The number of hydrogen-bond acceptors (Lipinski definition) is 4. The van der Waals surface area contributed by atoms with Crippen molar-refractivity contribution in [2.45, 2.75) is 36.8 Å². The van der Waals surface area contributed by atoms with E-state index in [1.807, 2.05) is 42.5 Å². The molecule has 0 saturated carbocycles. The van der Waals surface area contributed by atoms with Gasteiger partial charge in [-0.15, -0.1) is 11.8 Å². The van der Waals surface area contributed by atoms with Gasteiger partial charge in [0.25, 0.3) is 0 Å². The zero-order valence-electron chi connectivity index (χ0n) is 17.4. The minimum Gasteiger partial charge on any atom is -0.370 e. The number of amides is 2. The van der Waals surface area contributed by atoms with Crippen molar-refractivity contribution in [2.75, 3.05) is 36.0 Å². The number of benzene rings is 2. The lowest BCUT2D eigenvalue weighted by Gasteiger charge is -2.25. The molecule has 5 nitrogen and oxygen atoms in total. The summed E-state index contributed by atoms with van der Waals surface area (Å²) in [7, 11) is 0. The Labute approximate surface area is 177 Å². The summed E-state index contributed by atoms with van der Waals surface area (Å²) in [5.41, 5.74) is 1.96. The summed E-state index contributed by atoms with van der Waals surface area (Å²) >= 11 is 1.69. The van der Waals surface area contributed by atoms with Crippen molar-refractivity contribution in [1.82, 2.24) is 5.32 Å². The number of anilines is 2. The van der Waals surface area contributed by atoms with Crippen LogP contribution in [0, 0.1) is 0 Å². The average Bonchev–Trinajstić information content (AvgIpc) is 2.79. The second-order valence-electron chi connectivity index (χ2n) is 7.75. The molecule has 0 aliphatic carbocycles. The Kier molecular flexibility index (Phi) is 6.85. The van der Waals surface area contributed by atoms with Crippen molar-refractivity contribution >= 4 is 35.0 Å². The quantitative estimate of drug-likeness (QED) is 0.750. The Balaban J connectivity index is 1.62. The lowest BCUT2D eigenvalue weighted by molar-refractivity contribution is -0.124. The first-order chi connectivity index (χ1) is 13.9. The average molecular weight is 412 g/mol. The predicted molar refractivity (Wildman–Crippen MR) is 121 cm³/mol. The van der Waals surface area contributed by atoms with Crippen LogP contribution in [-0.4, -0.2) is 42.7 Å². The van der Waals surface area contributed by atoms with E-state index in [-0.39, 0.29) is 23.1 Å². The number of nitrogens with zero attached hydrogens (tertiary/aromatic N) is 2. The van der Waals surface area contributed by atoms with Crippen molar-refractivity contribution in [2.24, 2.45) is 0 Å². The number of carbonyl (C=O) groups excluding carboxylic acids is 2. The monoisotopic (exact) mass is 411 g/mol. The third kappa shape index (κ3) is 5.54. The third-order valence-corrected chi connectivity index (χ3v) is 6.19. The van der Waals surface area contributed by atoms with Crippen molar-refractivity contribution in [3.63, 3.8) is 0 Å². The van der Waals surface area contributed by atoms with Crippen LogP contribution in [0.3, 0.4) is 0 Å². The Morgan fingerprint density at radius 1 is 1.14 bits per heavy atom. The van der Waals surface area contributed by atoms with Crippen LogP contribution in [-0.2, 0) is 9.59 Å². The van der Waals surface area contributed by atoms with Gasteiger partial charge in [0.2, 0.25) is 11.8 Å². The van der Waals surface area contributed by atoms with Crippen molar-refractivity contribution in [3.05, 3.63) is 54.6 Å². The lowest BCUT2D eigenvalue weighted by atomic mass is 10.1. The molecule has 0 aromatic heterocycles. The normalized spacial score (nSPS) is 15.4. The predicted octanol–water partition coefficient (Wildman–Crippen LogP) is 3.94. The van der Waals surface area contributed by atoms with Gasteiger partial charge in [-0.05, 0) is 45.0 Å². The van der Waals surface area contributed by atoms with Crippen LogP contribution in [0.5, 0.6) is 0 Å². The van der Waals surface area contributed by atoms with Gasteiger partial charge in [-0.25, -0.2) is 0 Å². The van der Waals surface area contributed by atoms with Crippen LogP contribution >= 0.6 is 11.8 Å². The molecule has 0 fully saturated rings. The van der Waals surface area contributed by atoms with E-state index in [9.17, 15) is 9.59 Å². The molecule has 0 radical (unpaired) electrons. The van der Waals surface area contributed by atoms with Gasteiger partial charge < -0.3 is 15.1 Å². The van der Waals surface area contributed by atoms with Gasteiger partial charge in [0.15, 0.2) is 0 Å². The second-order valence-corrected chi connectivity index (χ2v) is 9.50. The fraction of sp³-hybridized carbons (Fsp3) is 0.391. The third-order valence-electron chi connectivity index (χ3n) is 4.93. The molecule has 2 aromatic rings. The maximum absolute atomic E-state index is 12.9. The van der Waals surface area contributed by atoms with E-state index in [1.54, 1.807) is 16.7 Å². The highest BCUT2D eigenvalue weighted by Crippen LogP contribution is 2.43. The first-order valence-corrected chi connectivity index (χ1v) is 10.9.